The molecule has 1 aromatic heterocycles. The van der Waals surface area contributed by atoms with Gasteiger partial charge in [-0.15, -0.1) is 11.3 Å². The lowest BCUT2D eigenvalue weighted by atomic mass is 10.1. The highest BCUT2D eigenvalue weighted by molar-refractivity contribution is 7.13. The van der Waals surface area contributed by atoms with Crippen molar-refractivity contribution in [2.24, 2.45) is 0 Å². The van der Waals surface area contributed by atoms with Crippen molar-refractivity contribution in [2.45, 2.75) is 25.3 Å². The van der Waals surface area contributed by atoms with Crippen LogP contribution in [0.1, 0.15) is 18.5 Å². The van der Waals surface area contributed by atoms with E-state index in [-0.39, 0.29) is 11.9 Å². The molecule has 2 rings (SSSR count). The van der Waals surface area contributed by atoms with Gasteiger partial charge in [0, 0.05) is 24.6 Å². The first kappa shape index (κ1) is 11.3. The maximum Gasteiger partial charge on any atom is 0.226 e. The zero-order valence-electron chi connectivity index (χ0n) is 8.94. The summed E-state index contributed by atoms with van der Waals surface area (Å²) in [6, 6.07) is 0.247. The summed E-state index contributed by atoms with van der Waals surface area (Å²) >= 11 is 1.36. The van der Waals surface area contributed by atoms with E-state index in [9.17, 15) is 4.79 Å². The molecule has 1 aliphatic heterocycles. The van der Waals surface area contributed by atoms with Crippen molar-refractivity contribution >= 4 is 22.4 Å². The van der Waals surface area contributed by atoms with Crippen molar-refractivity contribution in [1.29, 1.82) is 0 Å². The third kappa shape index (κ3) is 3.18. The largest absolute Gasteiger partial charge is 0.381 e. The van der Waals surface area contributed by atoms with E-state index >= 15 is 0 Å². The zero-order valence-corrected chi connectivity index (χ0v) is 9.76. The van der Waals surface area contributed by atoms with Crippen molar-refractivity contribution in [3.05, 3.63) is 11.1 Å². The van der Waals surface area contributed by atoms with Crippen LogP contribution < -0.4 is 11.1 Å². The first-order valence-electron chi connectivity index (χ1n) is 5.31. The van der Waals surface area contributed by atoms with Gasteiger partial charge < -0.3 is 15.8 Å². The lowest BCUT2D eigenvalue weighted by Crippen LogP contribution is -2.39. The predicted octanol–water partition coefficient (Wildman–Crippen LogP) is 0.563. The molecule has 3 N–H and O–H groups in total. The topological polar surface area (TPSA) is 77.2 Å². The molecule has 1 amide bonds. The summed E-state index contributed by atoms with van der Waals surface area (Å²) in [5.74, 6) is 0.0113. The molecule has 1 saturated heterocycles. The van der Waals surface area contributed by atoms with Crippen LogP contribution in [0.15, 0.2) is 5.38 Å². The molecule has 6 heteroatoms. The van der Waals surface area contributed by atoms with Crippen molar-refractivity contribution < 1.29 is 9.53 Å². The van der Waals surface area contributed by atoms with Crippen LogP contribution in [0.25, 0.3) is 0 Å². The molecule has 5 nitrogen and oxygen atoms in total. The molecular formula is C10H15N3O2S. The number of thiazole rings is 1. The molecule has 0 unspecified atom stereocenters. The summed E-state index contributed by atoms with van der Waals surface area (Å²) in [7, 11) is 0. The molecule has 1 fully saturated rings. The Kier molecular flexibility index (Phi) is 3.74. The Hall–Kier alpha value is -1.14. The lowest BCUT2D eigenvalue weighted by Gasteiger charge is -2.22. The predicted molar refractivity (Wildman–Crippen MR) is 62.2 cm³/mol. The second kappa shape index (κ2) is 5.27. The molecule has 2 heterocycles. The van der Waals surface area contributed by atoms with E-state index in [0.717, 1.165) is 31.7 Å². The Morgan fingerprint density at radius 3 is 3.00 bits per heavy atom. The number of hydrogen-bond acceptors (Lipinski definition) is 5. The van der Waals surface area contributed by atoms with Crippen LogP contribution in [-0.4, -0.2) is 30.1 Å². The Bertz CT molecular complexity index is 361. The van der Waals surface area contributed by atoms with Crippen molar-refractivity contribution in [1.82, 2.24) is 10.3 Å². The fourth-order valence-corrected chi connectivity index (χ4v) is 2.25. The summed E-state index contributed by atoms with van der Waals surface area (Å²) in [5.41, 5.74) is 6.24. The smallest absolute Gasteiger partial charge is 0.226 e. The number of nitrogen functional groups attached to an aromatic ring is 1. The summed E-state index contributed by atoms with van der Waals surface area (Å²) in [6.07, 6.45) is 2.10. The second-order valence-electron chi connectivity index (χ2n) is 3.81. The average molecular weight is 241 g/mol. The van der Waals surface area contributed by atoms with Crippen LogP contribution in [0.4, 0.5) is 5.13 Å². The monoisotopic (exact) mass is 241 g/mol. The number of carbonyl (C=O) groups is 1. The molecule has 0 aliphatic carbocycles. The molecule has 0 spiro atoms. The number of nitrogens with one attached hydrogen (secondary N) is 1. The normalized spacial score (nSPS) is 17.2. The van der Waals surface area contributed by atoms with Gasteiger partial charge in [-0.3, -0.25) is 4.79 Å². The van der Waals surface area contributed by atoms with Gasteiger partial charge in [0.2, 0.25) is 5.91 Å². The Morgan fingerprint density at radius 1 is 1.62 bits per heavy atom. The molecule has 0 aromatic carbocycles. The number of anilines is 1. The van der Waals surface area contributed by atoms with Gasteiger partial charge in [-0.1, -0.05) is 0 Å². The number of nitrogens with two attached hydrogens (primary N) is 1. The first-order valence-corrected chi connectivity index (χ1v) is 6.19. The Labute approximate surface area is 98.0 Å². The SMILES string of the molecule is Nc1nc(CC(=O)NC2CCOCC2)cs1. The van der Waals surface area contributed by atoms with Gasteiger partial charge in [0.05, 0.1) is 12.1 Å². The van der Waals surface area contributed by atoms with Gasteiger partial charge in [0.15, 0.2) is 5.13 Å². The fourth-order valence-electron chi connectivity index (χ4n) is 1.69. The van der Waals surface area contributed by atoms with E-state index in [4.69, 9.17) is 10.5 Å². The van der Waals surface area contributed by atoms with Gasteiger partial charge >= 0.3 is 0 Å². The van der Waals surface area contributed by atoms with Gasteiger partial charge in [0.1, 0.15) is 0 Å². The van der Waals surface area contributed by atoms with Crippen LogP contribution in [0, 0.1) is 0 Å². The van der Waals surface area contributed by atoms with E-state index in [1.54, 1.807) is 0 Å². The van der Waals surface area contributed by atoms with E-state index in [0.29, 0.717) is 11.6 Å². The summed E-state index contributed by atoms with van der Waals surface area (Å²) in [4.78, 5) is 15.7. The van der Waals surface area contributed by atoms with E-state index < -0.39 is 0 Å². The van der Waals surface area contributed by atoms with Crippen LogP contribution in [0.5, 0.6) is 0 Å². The van der Waals surface area contributed by atoms with Crippen molar-refractivity contribution in [3.63, 3.8) is 0 Å². The van der Waals surface area contributed by atoms with Gasteiger partial charge in [-0.25, -0.2) is 4.98 Å². The minimum absolute atomic E-state index is 0.0113. The minimum Gasteiger partial charge on any atom is -0.381 e. The third-order valence-corrected chi connectivity index (χ3v) is 3.22. The number of carbonyl (C=O) groups excluding carboxylic acids is 1. The van der Waals surface area contributed by atoms with E-state index in [2.05, 4.69) is 10.3 Å². The van der Waals surface area contributed by atoms with Gasteiger partial charge in [-0.05, 0) is 12.8 Å². The maximum absolute atomic E-state index is 11.7. The van der Waals surface area contributed by atoms with Crippen molar-refractivity contribution in [2.75, 3.05) is 18.9 Å². The van der Waals surface area contributed by atoms with Crippen molar-refractivity contribution in [3.8, 4) is 0 Å². The quantitative estimate of drug-likeness (QED) is 0.810. The molecule has 0 radical (unpaired) electrons. The fraction of sp³-hybridized carbons (Fsp3) is 0.600. The molecule has 88 valence electrons. The minimum atomic E-state index is 0.0113. The average Bonchev–Trinajstić information content (AvgIpc) is 2.65. The Morgan fingerprint density at radius 2 is 2.38 bits per heavy atom. The summed E-state index contributed by atoms with van der Waals surface area (Å²) in [5, 5.41) is 5.31. The molecular weight excluding hydrogens is 226 g/mol. The van der Waals surface area contributed by atoms with Gasteiger partial charge in [-0.2, -0.15) is 0 Å². The molecule has 16 heavy (non-hydrogen) atoms. The number of nitrogens with zero attached hydrogens (tertiary/aromatic N) is 1. The number of rotatable bonds is 3. The number of aromatic nitrogens is 1. The summed E-state index contributed by atoms with van der Waals surface area (Å²) in [6.45, 7) is 1.46. The molecule has 0 bridgehead atoms. The van der Waals surface area contributed by atoms with E-state index in [1.807, 2.05) is 5.38 Å². The van der Waals surface area contributed by atoms with E-state index in [1.165, 1.54) is 11.3 Å². The highest BCUT2D eigenvalue weighted by atomic mass is 32.1. The number of hydrogen-bond donors (Lipinski definition) is 2. The molecule has 1 aromatic rings. The van der Waals surface area contributed by atoms with Crippen LogP contribution in [-0.2, 0) is 16.0 Å². The van der Waals surface area contributed by atoms with Crippen LogP contribution in [0.3, 0.4) is 0 Å². The second-order valence-corrected chi connectivity index (χ2v) is 4.70. The Balaban J connectivity index is 1.79. The van der Waals surface area contributed by atoms with Crippen LogP contribution in [0.2, 0.25) is 0 Å². The maximum atomic E-state index is 11.7. The van der Waals surface area contributed by atoms with Crippen LogP contribution >= 0.6 is 11.3 Å². The zero-order chi connectivity index (χ0) is 11.4. The molecule has 0 atom stereocenters. The molecule has 1 aliphatic rings. The highest BCUT2D eigenvalue weighted by Crippen LogP contribution is 2.12. The van der Waals surface area contributed by atoms with Gasteiger partial charge in [0.25, 0.3) is 0 Å². The standard InChI is InChI=1S/C10H15N3O2S/c11-10-13-8(6-16-10)5-9(14)12-7-1-3-15-4-2-7/h6-7H,1-5H2,(H2,11,13)(H,12,14). The first-order chi connectivity index (χ1) is 7.74. The summed E-state index contributed by atoms with van der Waals surface area (Å²) < 4.78 is 5.22. The molecule has 0 saturated carbocycles. The highest BCUT2D eigenvalue weighted by Gasteiger charge is 2.16. The third-order valence-electron chi connectivity index (χ3n) is 2.50. The number of amides is 1. The number of ether oxygens (including phenoxy) is 1. The lowest BCUT2D eigenvalue weighted by molar-refractivity contribution is -0.121.